The van der Waals surface area contributed by atoms with Gasteiger partial charge in [0.2, 0.25) is 0 Å². The molecule has 1 aromatic rings. The highest BCUT2D eigenvalue weighted by atomic mass is 16.5. The molecule has 0 amide bonds. The molecule has 0 saturated carbocycles. The topological polar surface area (TPSA) is 44.8 Å². The van der Waals surface area contributed by atoms with Gasteiger partial charge in [0.25, 0.3) is 0 Å². The smallest absolute Gasteiger partial charge is 0.339 e. The molecule has 1 aromatic carbocycles. The van der Waals surface area contributed by atoms with Crippen molar-refractivity contribution in [2.24, 2.45) is 0 Å². The van der Waals surface area contributed by atoms with Gasteiger partial charge in [-0.15, -0.1) is 6.58 Å². The van der Waals surface area contributed by atoms with Crippen LogP contribution in [0, 0.1) is 0 Å². The molecule has 1 atom stereocenters. The number of hydrogen-bond donors (Lipinski definition) is 0. The molecule has 1 heterocycles. The van der Waals surface area contributed by atoms with E-state index < -0.39 is 0 Å². The summed E-state index contributed by atoms with van der Waals surface area (Å²) in [4.78, 5) is 11.7. The Balaban J connectivity index is 2.50. The van der Waals surface area contributed by atoms with E-state index >= 15 is 0 Å². The Morgan fingerprint density at radius 1 is 1.35 bits per heavy atom. The molecule has 0 bridgehead atoms. The molecule has 0 aromatic heterocycles. The molecule has 0 fully saturated rings. The van der Waals surface area contributed by atoms with Gasteiger partial charge < -0.3 is 14.2 Å². The second-order valence-corrected chi connectivity index (χ2v) is 3.71. The second kappa shape index (κ2) is 4.49. The molecule has 0 spiro atoms. The summed E-state index contributed by atoms with van der Waals surface area (Å²) < 4.78 is 15.6. The zero-order valence-electron chi connectivity index (χ0n) is 9.86. The molecule has 4 nitrogen and oxygen atoms in total. The van der Waals surface area contributed by atoms with E-state index in [1.807, 2.05) is 0 Å². The zero-order valence-corrected chi connectivity index (χ0v) is 9.86. The van der Waals surface area contributed by atoms with E-state index in [4.69, 9.17) is 14.2 Å². The maximum absolute atomic E-state index is 11.7. The van der Waals surface area contributed by atoms with Crippen LogP contribution in [0.1, 0.15) is 28.4 Å². The first-order valence-electron chi connectivity index (χ1n) is 5.29. The van der Waals surface area contributed by atoms with Gasteiger partial charge in [-0.3, -0.25) is 0 Å². The summed E-state index contributed by atoms with van der Waals surface area (Å²) in [6, 6.07) is 3.44. The molecule has 2 rings (SSSR count). The van der Waals surface area contributed by atoms with Crippen LogP contribution in [0.3, 0.4) is 0 Å². The lowest BCUT2D eigenvalue weighted by molar-refractivity contribution is 0.0392. The molecule has 0 saturated heterocycles. The monoisotopic (exact) mass is 234 g/mol. The van der Waals surface area contributed by atoms with Crippen molar-refractivity contribution in [1.82, 2.24) is 0 Å². The van der Waals surface area contributed by atoms with Gasteiger partial charge >= 0.3 is 5.97 Å². The van der Waals surface area contributed by atoms with Crippen LogP contribution in [0.4, 0.5) is 0 Å². The Labute approximate surface area is 99.8 Å². The molecular weight excluding hydrogens is 220 g/mol. The van der Waals surface area contributed by atoms with Gasteiger partial charge in [-0.2, -0.15) is 0 Å². The minimum Gasteiger partial charge on any atom is -0.493 e. The van der Waals surface area contributed by atoms with Crippen LogP contribution < -0.4 is 9.47 Å². The SMILES string of the molecule is C=CCC1OC(=O)c2cc(OC)c(OC)cc21. The predicted octanol–water partition coefficient (Wildman–Crippen LogP) is 2.49. The molecule has 1 aliphatic heterocycles. The van der Waals surface area contributed by atoms with Crippen LogP contribution >= 0.6 is 0 Å². The molecule has 4 heteroatoms. The van der Waals surface area contributed by atoms with Crippen molar-refractivity contribution in [3.05, 3.63) is 35.9 Å². The summed E-state index contributed by atoms with van der Waals surface area (Å²) in [5, 5.41) is 0. The standard InChI is InChI=1S/C13H14O4/c1-4-5-10-8-6-11(15-2)12(16-3)7-9(8)13(14)17-10/h4,6-7,10H,1,5H2,2-3H3. The van der Waals surface area contributed by atoms with Gasteiger partial charge in [-0.1, -0.05) is 6.08 Å². The van der Waals surface area contributed by atoms with Crippen LogP contribution in [0.5, 0.6) is 11.5 Å². The van der Waals surface area contributed by atoms with E-state index in [9.17, 15) is 4.79 Å². The molecule has 1 unspecified atom stereocenters. The molecule has 17 heavy (non-hydrogen) atoms. The number of ether oxygens (including phenoxy) is 3. The minimum atomic E-state index is -0.326. The number of hydrogen-bond acceptors (Lipinski definition) is 4. The fourth-order valence-electron chi connectivity index (χ4n) is 1.92. The van der Waals surface area contributed by atoms with Crippen molar-refractivity contribution in [3.63, 3.8) is 0 Å². The Morgan fingerprint density at radius 2 is 2.00 bits per heavy atom. The van der Waals surface area contributed by atoms with E-state index in [2.05, 4.69) is 6.58 Å². The first kappa shape index (κ1) is 11.5. The van der Waals surface area contributed by atoms with E-state index in [0.717, 1.165) is 5.56 Å². The van der Waals surface area contributed by atoms with Crippen molar-refractivity contribution in [2.45, 2.75) is 12.5 Å². The summed E-state index contributed by atoms with van der Waals surface area (Å²) in [5.74, 6) is 0.800. The number of benzene rings is 1. The number of carbonyl (C=O) groups excluding carboxylic acids is 1. The minimum absolute atomic E-state index is 0.269. The first-order chi connectivity index (χ1) is 8.21. The number of carbonyl (C=O) groups is 1. The van der Waals surface area contributed by atoms with Crippen molar-refractivity contribution in [3.8, 4) is 11.5 Å². The number of rotatable bonds is 4. The molecular formula is C13H14O4. The van der Waals surface area contributed by atoms with E-state index in [1.54, 1.807) is 25.3 Å². The zero-order chi connectivity index (χ0) is 12.4. The third-order valence-corrected chi connectivity index (χ3v) is 2.75. The van der Waals surface area contributed by atoms with Gasteiger partial charge in [0.1, 0.15) is 6.10 Å². The Kier molecular flexibility index (Phi) is 3.04. The normalized spacial score (nSPS) is 17.3. The Hall–Kier alpha value is -1.97. The number of methoxy groups -OCH3 is 2. The van der Waals surface area contributed by atoms with Crippen molar-refractivity contribution in [1.29, 1.82) is 0 Å². The molecule has 0 aliphatic carbocycles. The maximum atomic E-state index is 11.7. The predicted molar refractivity (Wildman–Crippen MR) is 62.5 cm³/mol. The van der Waals surface area contributed by atoms with Gasteiger partial charge in [-0.05, 0) is 12.1 Å². The lowest BCUT2D eigenvalue weighted by Crippen LogP contribution is -1.96. The average Bonchev–Trinajstić information content (AvgIpc) is 2.65. The van der Waals surface area contributed by atoms with Gasteiger partial charge in [0.15, 0.2) is 11.5 Å². The van der Waals surface area contributed by atoms with Crippen LogP contribution in [-0.2, 0) is 4.74 Å². The third kappa shape index (κ3) is 1.86. The number of cyclic esters (lactones) is 1. The van der Waals surface area contributed by atoms with Crippen LogP contribution in [0.15, 0.2) is 24.8 Å². The number of esters is 1. The Morgan fingerprint density at radius 3 is 2.59 bits per heavy atom. The molecule has 1 aliphatic rings. The van der Waals surface area contributed by atoms with Crippen LogP contribution in [-0.4, -0.2) is 20.2 Å². The van der Waals surface area contributed by atoms with Crippen LogP contribution in [0.25, 0.3) is 0 Å². The third-order valence-electron chi connectivity index (χ3n) is 2.75. The summed E-state index contributed by atoms with van der Waals surface area (Å²) in [6.45, 7) is 3.65. The average molecular weight is 234 g/mol. The maximum Gasteiger partial charge on any atom is 0.339 e. The van der Waals surface area contributed by atoms with Crippen molar-refractivity contribution < 1.29 is 19.0 Å². The fourth-order valence-corrected chi connectivity index (χ4v) is 1.92. The van der Waals surface area contributed by atoms with Crippen LogP contribution in [0.2, 0.25) is 0 Å². The van der Waals surface area contributed by atoms with Crippen molar-refractivity contribution in [2.75, 3.05) is 14.2 Å². The first-order valence-corrected chi connectivity index (χ1v) is 5.29. The molecule has 0 radical (unpaired) electrons. The summed E-state index contributed by atoms with van der Waals surface area (Å²) in [6.07, 6.45) is 2.05. The highest BCUT2D eigenvalue weighted by Crippen LogP contribution is 2.40. The quantitative estimate of drug-likeness (QED) is 0.593. The van der Waals surface area contributed by atoms with Gasteiger partial charge in [0, 0.05) is 12.0 Å². The summed E-state index contributed by atoms with van der Waals surface area (Å²) in [5.41, 5.74) is 1.36. The molecule has 0 N–H and O–H groups in total. The largest absolute Gasteiger partial charge is 0.493 e. The lowest BCUT2D eigenvalue weighted by atomic mass is 10.0. The van der Waals surface area contributed by atoms with E-state index in [1.165, 1.54) is 7.11 Å². The highest BCUT2D eigenvalue weighted by Gasteiger charge is 2.32. The van der Waals surface area contributed by atoms with Crippen molar-refractivity contribution >= 4 is 5.97 Å². The number of fused-ring (bicyclic) bond motifs is 1. The lowest BCUT2D eigenvalue weighted by Gasteiger charge is -2.11. The summed E-state index contributed by atoms with van der Waals surface area (Å²) in [7, 11) is 3.09. The fraction of sp³-hybridized carbons (Fsp3) is 0.308. The highest BCUT2D eigenvalue weighted by molar-refractivity contribution is 5.95. The molecule has 90 valence electrons. The van der Waals surface area contributed by atoms with Gasteiger partial charge in [-0.25, -0.2) is 4.79 Å². The van der Waals surface area contributed by atoms with E-state index in [0.29, 0.717) is 23.5 Å². The Bertz CT molecular complexity index is 465. The van der Waals surface area contributed by atoms with Gasteiger partial charge in [0.05, 0.1) is 19.8 Å². The van der Waals surface area contributed by atoms with E-state index in [-0.39, 0.29) is 12.1 Å². The summed E-state index contributed by atoms with van der Waals surface area (Å²) >= 11 is 0. The second-order valence-electron chi connectivity index (χ2n) is 3.71.